The summed E-state index contributed by atoms with van der Waals surface area (Å²) in [5.74, 6) is -1.03. The molecule has 0 heterocycles. The lowest BCUT2D eigenvalue weighted by molar-refractivity contribution is -0.113. The van der Waals surface area contributed by atoms with Gasteiger partial charge < -0.3 is 5.11 Å². The number of carbonyl (C=O) groups is 1. The molecule has 0 unspecified atom stereocenters. The molecule has 0 atom stereocenters. The molecule has 0 aliphatic carbocycles. The van der Waals surface area contributed by atoms with E-state index in [0.717, 1.165) is 18.9 Å². The molecule has 0 spiro atoms. The van der Waals surface area contributed by atoms with Crippen molar-refractivity contribution in [3.63, 3.8) is 0 Å². The van der Waals surface area contributed by atoms with Gasteiger partial charge in [0.2, 0.25) is 5.78 Å². The minimum Gasteiger partial charge on any atom is -0.508 e. The number of ketones is 1. The van der Waals surface area contributed by atoms with Crippen molar-refractivity contribution in [3.05, 3.63) is 36.1 Å². The highest BCUT2D eigenvalue weighted by Gasteiger charge is 2.28. The molecule has 1 N–H and O–H groups in total. The summed E-state index contributed by atoms with van der Waals surface area (Å²) in [5.41, 5.74) is 0. The van der Waals surface area contributed by atoms with Crippen molar-refractivity contribution >= 4 is 40.6 Å². The van der Waals surface area contributed by atoms with Crippen LogP contribution in [0.25, 0.3) is 0 Å². The molecule has 0 saturated carbocycles. The summed E-state index contributed by atoms with van der Waals surface area (Å²) in [6, 6.07) is 0. The zero-order valence-corrected chi connectivity index (χ0v) is 11.1. The third kappa shape index (κ3) is 7.80. The number of hydrogen-bond donors (Lipinski definition) is 1. The molecule has 2 nitrogen and oxygen atoms in total. The van der Waals surface area contributed by atoms with Crippen molar-refractivity contribution in [2.24, 2.45) is 0 Å². The fraction of sp³-hybridized carbons (Fsp3) is 0.364. The van der Waals surface area contributed by atoms with E-state index >= 15 is 0 Å². The number of unbranched alkanes of at least 4 members (excludes halogenated alkanes) is 1. The fourth-order valence-corrected chi connectivity index (χ4v) is 0.924. The number of aliphatic hydroxyl groups excluding tert-OH is 1. The molecule has 0 saturated heterocycles. The van der Waals surface area contributed by atoms with E-state index in [4.69, 9.17) is 34.8 Å². The average Bonchev–Trinajstić information content (AvgIpc) is 2.16. The van der Waals surface area contributed by atoms with Crippen LogP contribution in [0.15, 0.2) is 36.1 Å². The molecule has 0 aliphatic heterocycles. The van der Waals surface area contributed by atoms with Gasteiger partial charge in [0.25, 0.3) is 3.79 Å². The second-order valence-electron chi connectivity index (χ2n) is 3.01. The Balaban J connectivity index is 4.30. The zero-order chi connectivity index (χ0) is 12.6. The molecule has 90 valence electrons. The first kappa shape index (κ1) is 15.6. The quantitative estimate of drug-likeness (QED) is 0.354. The first-order chi connectivity index (χ1) is 7.38. The van der Waals surface area contributed by atoms with Crippen LogP contribution in [-0.4, -0.2) is 14.7 Å². The molecule has 0 aromatic rings. The second kappa shape index (κ2) is 7.77. The maximum atomic E-state index is 11.1. The number of aliphatic hydroxyl groups is 1. The highest BCUT2D eigenvalue weighted by atomic mass is 35.6. The van der Waals surface area contributed by atoms with Crippen molar-refractivity contribution in [3.8, 4) is 0 Å². The van der Waals surface area contributed by atoms with Crippen LogP contribution in [0, 0.1) is 0 Å². The van der Waals surface area contributed by atoms with Gasteiger partial charge in [0, 0.05) is 6.08 Å². The SMILES string of the molecule is CCCC=CC=CC(O)=CC(=O)C(Cl)(Cl)Cl. The van der Waals surface area contributed by atoms with Crippen LogP contribution in [-0.2, 0) is 4.79 Å². The molecule has 0 aromatic carbocycles. The third-order valence-corrected chi connectivity index (χ3v) is 2.09. The number of carbonyl (C=O) groups excluding carboxylic acids is 1. The molecule has 0 amide bonds. The van der Waals surface area contributed by atoms with Gasteiger partial charge in [-0.25, -0.2) is 0 Å². The molecule has 0 radical (unpaired) electrons. The normalized spacial score (nSPS) is 13.9. The Labute approximate surface area is 110 Å². The lowest BCUT2D eigenvalue weighted by Crippen LogP contribution is -2.16. The average molecular weight is 284 g/mol. The standard InChI is InChI=1S/C11H13Cl3O2/c1-2-3-4-5-6-7-9(15)8-10(16)11(12,13)14/h4-8,15H,2-3H2,1H3. The molecule has 0 aromatic heterocycles. The van der Waals surface area contributed by atoms with Crippen molar-refractivity contribution in [2.45, 2.75) is 23.6 Å². The Hall–Kier alpha value is -0.440. The molecular weight excluding hydrogens is 270 g/mol. The smallest absolute Gasteiger partial charge is 0.252 e. The molecule has 0 fully saturated rings. The van der Waals surface area contributed by atoms with Crippen LogP contribution in [0.3, 0.4) is 0 Å². The van der Waals surface area contributed by atoms with Crippen LogP contribution in [0.1, 0.15) is 19.8 Å². The van der Waals surface area contributed by atoms with Crippen LogP contribution in [0.5, 0.6) is 0 Å². The van der Waals surface area contributed by atoms with Crippen LogP contribution >= 0.6 is 34.8 Å². The van der Waals surface area contributed by atoms with Crippen molar-refractivity contribution in [1.82, 2.24) is 0 Å². The predicted molar refractivity (Wildman–Crippen MR) is 69.2 cm³/mol. The Bertz CT molecular complexity index is 312. The van der Waals surface area contributed by atoms with E-state index in [-0.39, 0.29) is 5.76 Å². The Kier molecular flexibility index (Phi) is 7.56. The molecule has 0 aliphatic rings. The van der Waals surface area contributed by atoms with Gasteiger partial charge in [0.1, 0.15) is 5.76 Å². The number of rotatable bonds is 5. The van der Waals surface area contributed by atoms with Crippen molar-refractivity contribution in [1.29, 1.82) is 0 Å². The van der Waals surface area contributed by atoms with E-state index in [0.29, 0.717) is 0 Å². The summed E-state index contributed by atoms with van der Waals surface area (Å²) in [7, 11) is 0. The lowest BCUT2D eigenvalue weighted by atomic mass is 10.3. The van der Waals surface area contributed by atoms with E-state index in [2.05, 4.69) is 6.92 Å². The van der Waals surface area contributed by atoms with Gasteiger partial charge in [-0.2, -0.15) is 0 Å². The van der Waals surface area contributed by atoms with E-state index in [1.165, 1.54) is 6.08 Å². The Morgan fingerprint density at radius 3 is 2.44 bits per heavy atom. The van der Waals surface area contributed by atoms with E-state index in [9.17, 15) is 9.90 Å². The van der Waals surface area contributed by atoms with Crippen LogP contribution < -0.4 is 0 Å². The topological polar surface area (TPSA) is 37.3 Å². The van der Waals surface area contributed by atoms with Crippen molar-refractivity contribution < 1.29 is 9.90 Å². The Morgan fingerprint density at radius 2 is 1.94 bits per heavy atom. The summed E-state index contributed by atoms with van der Waals surface area (Å²) in [5, 5.41) is 9.28. The van der Waals surface area contributed by atoms with E-state index in [1.807, 2.05) is 6.08 Å². The lowest BCUT2D eigenvalue weighted by Gasteiger charge is -2.04. The van der Waals surface area contributed by atoms with Crippen molar-refractivity contribution in [2.75, 3.05) is 0 Å². The van der Waals surface area contributed by atoms with Gasteiger partial charge >= 0.3 is 0 Å². The summed E-state index contributed by atoms with van der Waals surface area (Å²) in [6.07, 6.45) is 9.55. The fourth-order valence-electron chi connectivity index (χ4n) is 0.760. The molecular formula is C11H13Cl3O2. The highest BCUT2D eigenvalue weighted by Crippen LogP contribution is 2.27. The van der Waals surface area contributed by atoms with Crippen LogP contribution in [0.2, 0.25) is 0 Å². The van der Waals surface area contributed by atoms with Gasteiger partial charge in [0.15, 0.2) is 0 Å². The van der Waals surface area contributed by atoms with E-state index < -0.39 is 9.58 Å². The largest absolute Gasteiger partial charge is 0.508 e. The van der Waals surface area contributed by atoms with E-state index in [1.54, 1.807) is 12.2 Å². The molecule has 0 rings (SSSR count). The second-order valence-corrected chi connectivity index (χ2v) is 5.29. The minimum atomic E-state index is -2.03. The minimum absolute atomic E-state index is 0.252. The number of allylic oxidation sites excluding steroid dienone is 5. The highest BCUT2D eigenvalue weighted by molar-refractivity contribution is 6.77. The number of halogens is 3. The monoisotopic (exact) mass is 282 g/mol. The molecule has 0 bridgehead atoms. The predicted octanol–water partition coefficient (Wildman–Crippen LogP) is 4.28. The summed E-state index contributed by atoms with van der Waals surface area (Å²) in [6.45, 7) is 2.06. The van der Waals surface area contributed by atoms with Gasteiger partial charge in [-0.3, -0.25) is 4.79 Å². The third-order valence-electron chi connectivity index (χ3n) is 1.53. The summed E-state index contributed by atoms with van der Waals surface area (Å²) in [4.78, 5) is 11.1. The van der Waals surface area contributed by atoms with Crippen LogP contribution in [0.4, 0.5) is 0 Å². The number of alkyl halides is 3. The maximum Gasteiger partial charge on any atom is 0.252 e. The summed E-state index contributed by atoms with van der Waals surface area (Å²) >= 11 is 16.0. The first-order valence-electron chi connectivity index (χ1n) is 4.73. The van der Waals surface area contributed by atoms with Gasteiger partial charge in [-0.1, -0.05) is 66.4 Å². The number of hydrogen-bond acceptors (Lipinski definition) is 2. The summed E-state index contributed by atoms with van der Waals surface area (Å²) < 4.78 is -2.03. The first-order valence-corrected chi connectivity index (χ1v) is 5.86. The van der Waals surface area contributed by atoms with Gasteiger partial charge in [-0.15, -0.1) is 0 Å². The van der Waals surface area contributed by atoms with Gasteiger partial charge in [-0.05, 0) is 12.5 Å². The zero-order valence-electron chi connectivity index (χ0n) is 8.79. The Morgan fingerprint density at radius 1 is 1.31 bits per heavy atom. The maximum absolute atomic E-state index is 11.1. The molecule has 5 heteroatoms. The molecule has 16 heavy (non-hydrogen) atoms. The van der Waals surface area contributed by atoms with Gasteiger partial charge in [0.05, 0.1) is 0 Å².